The van der Waals surface area contributed by atoms with Crippen LogP contribution in [0.25, 0.3) is 0 Å². The van der Waals surface area contributed by atoms with Gasteiger partial charge in [0.15, 0.2) is 0 Å². The summed E-state index contributed by atoms with van der Waals surface area (Å²) in [6.07, 6.45) is 0.510. The number of benzene rings is 1. The number of carbonyl (C=O) groups is 1. The van der Waals surface area contributed by atoms with Gasteiger partial charge < -0.3 is 10.1 Å². The van der Waals surface area contributed by atoms with Crippen molar-refractivity contribution in [2.45, 2.75) is 31.7 Å². The summed E-state index contributed by atoms with van der Waals surface area (Å²) in [5, 5.41) is 3.56. The minimum Gasteiger partial charge on any atom is -0.495 e. The number of nitrogens with one attached hydrogen (secondary N) is 1. The lowest BCUT2D eigenvalue weighted by atomic mass is 9.83. The average molecular weight is 254 g/mol. The van der Waals surface area contributed by atoms with Gasteiger partial charge in [-0.2, -0.15) is 0 Å². The highest BCUT2D eigenvalue weighted by Crippen LogP contribution is 2.38. The van der Waals surface area contributed by atoms with E-state index >= 15 is 0 Å². The molecule has 1 fully saturated rings. The molecule has 4 heteroatoms. The van der Waals surface area contributed by atoms with Crippen molar-refractivity contribution in [2.75, 3.05) is 7.11 Å². The molecule has 1 aliphatic heterocycles. The van der Waals surface area contributed by atoms with Crippen LogP contribution in [0.4, 0.5) is 0 Å². The Morgan fingerprint density at radius 1 is 1.47 bits per heavy atom. The highest BCUT2D eigenvalue weighted by atomic mass is 35.5. The molecule has 0 aliphatic carbocycles. The molecule has 1 unspecified atom stereocenters. The summed E-state index contributed by atoms with van der Waals surface area (Å²) in [6.45, 7) is 4.06. The second kappa shape index (κ2) is 4.22. The number of hydrogen-bond acceptors (Lipinski definition) is 2. The van der Waals surface area contributed by atoms with Crippen molar-refractivity contribution in [3.63, 3.8) is 0 Å². The van der Waals surface area contributed by atoms with Crippen LogP contribution in [0.3, 0.4) is 0 Å². The predicted molar refractivity (Wildman–Crippen MR) is 67.6 cm³/mol. The Morgan fingerprint density at radius 3 is 2.65 bits per heavy atom. The van der Waals surface area contributed by atoms with E-state index in [9.17, 15) is 4.79 Å². The molecule has 17 heavy (non-hydrogen) atoms. The Bertz CT molecular complexity index is 457. The van der Waals surface area contributed by atoms with Crippen molar-refractivity contribution in [1.82, 2.24) is 5.32 Å². The minimum absolute atomic E-state index is 0.0898. The van der Waals surface area contributed by atoms with Crippen molar-refractivity contribution >= 4 is 17.5 Å². The summed E-state index contributed by atoms with van der Waals surface area (Å²) in [5.74, 6) is 0.899. The molecule has 2 rings (SSSR count). The summed E-state index contributed by atoms with van der Waals surface area (Å²) >= 11 is 6.11. The molecule has 1 N–H and O–H groups in total. The Balaban J connectivity index is 2.35. The molecular formula is C13H16ClNO2. The first-order valence-corrected chi connectivity index (χ1v) is 5.96. The number of methoxy groups -OCH3 is 1. The van der Waals surface area contributed by atoms with Crippen LogP contribution in [0.1, 0.15) is 31.7 Å². The number of halogens is 1. The van der Waals surface area contributed by atoms with Gasteiger partial charge in [-0.1, -0.05) is 17.7 Å². The van der Waals surface area contributed by atoms with Gasteiger partial charge in [-0.05, 0) is 31.5 Å². The quantitative estimate of drug-likeness (QED) is 0.880. The summed E-state index contributed by atoms with van der Waals surface area (Å²) in [5.41, 5.74) is 0.841. The normalized spacial score (nSPS) is 22.4. The van der Waals surface area contributed by atoms with E-state index in [1.54, 1.807) is 7.11 Å². The second-order valence-corrected chi connectivity index (χ2v) is 5.33. The highest BCUT2D eigenvalue weighted by Gasteiger charge is 2.39. The van der Waals surface area contributed by atoms with E-state index in [4.69, 9.17) is 16.3 Å². The molecule has 0 radical (unpaired) electrons. The fraction of sp³-hybridized carbons (Fsp3) is 0.462. The van der Waals surface area contributed by atoms with Crippen LogP contribution in [0.2, 0.25) is 5.02 Å². The number of rotatable bonds is 2. The Kier molecular flexibility index (Phi) is 3.04. The minimum atomic E-state index is -0.227. The SMILES string of the molecule is COc1ccc(C2CC(=O)NC2(C)C)cc1Cl. The van der Waals surface area contributed by atoms with E-state index in [1.165, 1.54) is 0 Å². The van der Waals surface area contributed by atoms with Crippen LogP contribution >= 0.6 is 11.6 Å². The van der Waals surface area contributed by atoms with Gasteiger partial charge in [0.05, 0.1) is 12.1 Å². The molecule has 1 saturated heterocycles. The molecule has 0 spiro atoms. The van der Waals surface area contributed by atoms with Crippen molar-refractivity contribution in [2.24, 2.45) is 0 Å². The van der Waals surface area contributed by atoms with Gasteiger partial charge in [-0.15, -0.1) is 0 Å². The maximum Gasteiger partial charge on any atom is 0.221 e. The molecule has 3 nitrogen and oxygen atoms in total. The van der Waals surface area contributed by atoms with Crippen LogP contribution in [0.15, 0.2) is 18.2 Å². The zero-order valence-electron chi connectivity index (χ0n) is 10.2. The number of hydrogen-bond donors (Lipinski definition) is 1. The lowest BCUT2D eigenvalue weighted by Crippen LogP contribution is -2.38. The largest absolute Gasteiger partial charge is 0.495 e. The van der Waals surface area contributed by atoms with E-state index in [0.717, 1.165) is 5.56 Å². The van der Waals surface area contributed by atoms with Crippen LogP contribution in [-0.2, 0) is 4.79 Å². The lowest BCUT2D eigenvalue weighted by Gasteiger charge is -2.27. The topological polar surface area (TPSA) is 38.3 Å². The molecule has 1 amide bonds. The summed E-state index contributed by atoms with van der Waals surface area (Å²) in [7, 11) is 1.59. The second-order valence-electron chi connectivity index (χ2n) is 4.92. The fourth-order valence-electron chi connectivity index (χ4n) is 2.37. The summed E-state index contributed by atoms with van der Waals surface area (Å²) in [4.78, 5) is 11.5. The molecule has 0 saturated carbocycles. The maximum atomic E-state index is 11.5. The van der Waals surface area contributed by atoms with Crippen LogP contribution in [-0.4, -0.2) is 18.6 Å². The van der Waals surface area contributed by atoms with Crippen LogP contribution in [0.5, 0.6) is 5.75 Å². The monoisotopic (exact) mass is 253 g/mol. The molecule has 0 bridgehead atoms. The first-order valence-electron chi connectivity index (χ1n) is 5.58. The molecule has 1 aromatic carbocycles. The molecule has 92 valence electrons. The maximum absolute atomic E-state index is 11.5. The molecule has 1 aliphatic rings. The highest BCUT2D eigenvalue weighted by molar-refractivity contribution is 6.32. The number of amides is 1. The van der Waals surface area contributed by atoms with E-state index in [2.05, 4.69) is 5.32 Å². The van der Waals surface area contributed by atoms with Gasteiger partial charge in [-0.3, -0.25) is 4.79 Å². The average Bonchev–Trinajstić information content (AvgIpc) is 2.51. The molecule has 1 aromatic rings. The fourth-order valence-corrected chi connectivity index (χ4v) is 2.64. The summed E-state index contributed by atoms with van der Waals surface area (Å²) in [6, 6.07) is 5.70. The zero-order chi connectivity index (χ0) is 12.6. The van der Waals surface area contributed by atoms with E-state index in [0.29, 0.717) is 17.2 Å². The van der Waals surface area contributed by atoms with Gasteiger partial charge in [0, 0.05) is 17.9 Å². The van der Waals surface area contributed by atoms with Crippen molar-refractivity contribution in [1.29, 1.82) is 0 Å². The lowest BCUT2D eigenvalue weighted by molar-refractivity contribution is -0.119. The van der Waals surface area contributed by atoms with Crippen LogP contribution in [0, 0.1) is 0 Å². The summed E-state index contributed by atoms with van der Waals surface area (Å²) < 4.78 is 5.12. The van der Waals surface area contributed by atoms with E-state index in [1.807, 2.05) is 32.0 Å². The Morgan fingerprint density at radius 2 is 2.18 bits per heavy atom. The number of ether oxygens (including phenoxy) is 1. The molecule has 1 heterocycles. The zero-order valence-corrected chi connectivity index (χ0v) is 11.0. The van der Waals surface area contributed by atoms with Crippen LogP contribution < -0.4 is 10.1 Å². The third-order valence-corrected chi connectivity index (χ3v) is 3.60. The van der Waals surface area contributed by atoms with Crippen molar-refractivity contribution in [3.8, 4) is 5.75 Å². The molecular weight excluding hydrogens is 238 g/mol. The van der Waals surface area contributed by atoms with Gasteiger partial charge >= 0.3 is 0 Å². The third-order valence-electron chi connectivity index (χ3n) is 3.30. The third kappa shape index (κ3) is 2.25. The predicted octanol–water partition coefficient (Wildman–Crippen LogP) is 2.73. The van der Waals surface area contributed by atoms with Gasteiger partial charge in [0.2, 0.25) is 5.91 Å². The molecule has 1 atom stereocenters. The smallest absolute Gasteiger partial charge is 0.221 e. The standard InChI is InChI=1S/C13H16ClNO2/c1-13(2)9(7-12(16)15-13)8-4-5-11(17-3)10(14)6-8/h4-6,9H,7H2,1-3H3,(H,15,16). The first-order chi connectivity index (χ1) is 7.94. The van der Waals surface area contributed by atoms with E-state index in [-0.39, 0.29) is 17.4 Å². The number of carbonyl (C=O) groups excluding carboxylic acids is 1. The van der Waals surface area contributed by atoms with Gasteiger partial charge in [0.1, 0.15) is 5.75 Å². The van der Waals surface area contributed by atoms with Crippen molar-refractivity contribution in [3.05, 3.63) is 28.8 Å². The Hall–Kier alpha value is -1.22. The molecule has 0 aromatic heterocycles. The van der Waals surface area contributed by atoms with Gasteiger partial charge in [-0.25, -0.2) is 0 Å². The first kappa shape index (κ1) is 12.2. The Labute approximate surface area is 106 Å². The van der Waals surface area contributed by atoms with Gasteiger partial charge in [0.25, 0.3) is 0 Å². The van der Waals surface area contributed by atoms with E-state index < -0.39 is 0 Å². The van der Waals surface area contributed by atoms with Crippen molar-refractivity contribution < 1.29 is 9.53 Å².